The molecule has 0 unspecified atom stereocenters. The molecule has 1 aromatic heterocycles. The molecule has 0 aliphatic heterocycles. The summed E-state index contributed by atoms with van der Waals surface area (Å²) in [5, 5.41) is 8.62. The molecule has 0 aliphatic carbocycles. The highest BCUT2D eigenvalue weighted by atomic mass is 32.2. The summed E-state index contributed by atoms with van der Waals surface area (Å²) in [6.45, 7) is 0.128. The zero-order chi connectivity index (χ0) is 21.6. The molecular formula is C18H13F5N2O3S. The second-order valence-corrected chi connectivity index (χ2v) is 7.71. The van der Waals surface area contributed by atoms with Crippen molar-refractivity contribution in [1.29, 1.82) is 0 Å². The molecule has 0 amide bonds. The standard InChI is InChI=1S/C18H13F5N2O3S/c1-9-6-11(2-4-12(9)18(21,22)23)17-16(14(8-19)28-25-17)10-3-5-15(13(20)7-10)29(24,26)27/h2-7H,8H2,1H3,(H2,24,26,27). The van der Waals surface area contributed by atoms with Crippen LogP contribution < -0.4 is 5.14 Å². The van der Waals surface area contributed by atoms with Gasteiger partial charge in [0.05, 0.1) is 11.1 Å². The second-order valence-electron chi connectivity index (χ2n) is 6.18. The summed E-state index contributed by atoms with van der Waals surface area (Å²) in [5.41, 5.74) is -0.757. The maximum Gasteiger partial charge on any atom is 0.416 e. The maximum atomic E-state index is 14.2. The number of nitrogens with two attached hydrogens (primary N) is 1. The van der Waals surface area contributed by atoms with Crippen LogP contribution in [0.2, 0.25) is 0 Å². The minimum absolute atomic E-state index is 0.00784. The highest BCUT2D eigenvalue weighted by Gasteiger charge is 2.32. The van der Waals surface area contributed by atoms with Crippen LogP contribution in [0.3, 0.4) is 0 Å². The number of halogens is 5. The summed E-state index contributed by atoms with van der Waals surface area (Å²) >= 11 is 0. The number of aryl methyl sites for hydroxylation is 1. The first-order valence-corrected chi connectivity index (χ1v) is 9.53. The molecule has 2 aromatic carbocycles. The Labute approximate surface area is 162 Å². The van der Waals surface area contributed by atoms with Crippen LogP contribution in [-0.2, 0) is 22.9 Å². The van der Waals surface area contributed by atoms with Gasteiger partial charge in [0.1, 0.15) is 16.4 Å². The van der Waals surface area contributed by atoms with E-state index >= 15 is 0 Å². The molecule has 0 fully saturated rings. The highest BCUT2D eigenvalue weighted by molar-refractivity contribution is 7.89. The lowest BCUT2D eigenvalue weighted by Crippen LogP contribution is -2.14. The van der Waals surface area contributed by atoms with Gasteiger partial charge in [-0.2, -0.15) is 13.2 Å². The van der Waals surface area contributed by atoms with Crippen molar-refractivity contribution in [2.45, 2.75) is 24.7 Å². The predicted molar refractivity (Wildman–Crippen MR) is 93.3 cm³/mol. The van der Waals surface area contributed by atoms with Gasteiger partial charge in [-0.15, -0.1) is 0 Å². The Bertz CT molecular complexity index is 1190. The van der Waals surface area contributed by atoms with Crippen LogP contribution in [0.15, 0.2) is 45.8 Å². The molecule has 0 saturated carbocycles. The fourth-order valence-electron chi connectivity index (χ4n) is 2.93. The van der Waals surface area contributed by atoms with E-state index < -0.39 is 39.2 Å². The molecule has 0 aliphatic rings. The number of rotatable bonds is 4. The van der Waals surface area contributed by atoms with Crippen molar-refractivity contribution in [2.24, 2.45) is 5.14 Å². The van der Waals surface area contributed by atoms with E-state index in [1.54, 1.807) is 0 Å². The van der Waals surface area contributed by atoms with E-state index in [0.717, 1.165) is 24.3 Å². The zero-order valence-corrected chi connectivity index (χ0v) is 15.5. The van der Waals surface area contributed by atoms with E-state index in [2.05, 4.69) is 5.16 Å². The summed E-state index contributed by atoms with van der Waals surface area (Å²) in [4.78, 5) is -0.758. The smallest absolute Gasteiger partial charge is 0.357 e. The summed E-state index contributed by atoms with van der Waals surface area (Å²) < 4.78 is 94.2. The van der Waals surface area contributed by atoms with Crippen LogP contribution >= 0.6 is 0 Å². The summed E-state index contributed by atoms with van der Waals surface area (Å²) in [7, 11) is -4.32. The van der Waals surface area contributed by atoms with Crippen molar-refractivity contribution in [2.75, 3.05) is 0 Å². The Morgan fingerprint density at radius 3 is 2.28 bits per heavy atom. The number of hydrogen-bond donors (Lipinski definition) is 1. The third-order valence-corrected chi connectivity index (χ3v) is 5.16. The third kappa shape index (κ3) is 4.01. The zero-order valence-electron chi connectivity index (χ0n) is 14.7. The number of alkyl halides is 4. The molecular weight excluding hydrogens is 419 g/mol. The monoisotopic (exact) mass is 432 g/mol. The van der Waals surface area contributed by atoms with E-state index in [-0.39, 0.29) is 33.7 Å². The van der Waals surface area contributed by atoms with Crippen LogP contribution in [0.1, 0.15) is 16.9 Å². The van der Waals surface area contributed by atoms with Gasteiger partial charge in [-0.3, -0.25) is 0 Å². The molecule has 1 heterocycles. The van der Waals surface area contributed by atoms with Crippen molar-refractivity contribution in [3.63, 3.8) is 0 Å². The minimum atomic E-state index is -4.55. The largest absolute Gasteiger partial charge is 0.416 e. The second kappa shape index (κ2) is 7.23. The van der Waals surface area contributed by atoms with E-state index in [1.807, 2.05) is 0 Å². The number of nitrogens with zero attached hydrogens (tertiary/aromatic N) is 1. The molecule has 154 valence electrons. The van der Waals surface area contributed by atoms with Crippen LogP contribution in [0.4, 0.5) is 22.0 Å². The lowest BCUT2D eigenvalue weighted by atomic mass is 9.96. The number of sulfonamides is 1. The van der Waals surface area contributed by atoms with E-state index in [9.17, 15) is 30.4 Å². The number of hydrogen-bond acceptors (Lipinski definition) is 4. The molecule has 0 radical (unpaired) electrons. The summed E-state index contributed by atoms with van der Waals surface area (Å²) in [6.07, 6.45) is -4.55. The van der Waals surface area contributed by atoms with Gasteiger partial charge in [-0.1, -0.05) is 17.3 Å². The molecule has 3 rings (SSSR count). The number of aromatic nitrogens is 1. The topological polar surface area (TPSA) is 86.2 Å². The molecule has 11 heteroatoms. The Morgan fingerprint density at radius 1 is 1.10 bits per heavy atom. The lowest BCUT2D eigenvalue weighted by molar-refractivity contribution is -0.138. The predicted octanol–water partition coefficient (Wildman–Crippen LogP) is 4.59. The third-order valence-electron chi connectivity index (χ3n) is 4.22. The van der Waals surface area contributed by atoms with Gasteiger partial charge in [0, 0.05) is 5.56 Å². The molecule has 0 saturated heterocycles. The first kappa shape index (κ1) is 20.9. The highest BCUT2D eigenvalue weighted by Crippen LogP contribution is 2.39. The molecule has 3 aromatic rings. The Balaban J connectivity index is 2.17. The maximum absolute atomic E-state index is 14.2. The van der Waals surface area contributed by atoms with E-state index in [1.165, 1.54) is 19.1 Å². The van der Waals surface area contributed by atoms with Crippen LogP contribution in [-0.4, -0.2) is 13.6 Å². The Morgan fingerprint density at radius 2 is 1.76 bits per heavy atom. The van der Waals surface area contributed by atoms with Crippen LogP contribution in [0.25, 0.3) is 22.4 Å². The number of benzene rings is 2. The molecule has 5 nitrogen and oxygen atoms in total. The molecule has 0 spiro atoms. The fraction of sp³-hybridized carbons (Fsp3) is 0.167. The number of primary sulfonamides is 1. The van der Waals surface area contributed by atoms with Gasteiger partial charge >= 0.3 is 6.18 Å². The first-order valence-electron chi connectivity index (χ1n) is 7.99. The van der Waals surface area contributed by atoms with Gasteiger partial charge < -0.3 is 4.52 Å². The molecule has 29 heavy (non-hydrogen) atoms. The minimum Gasteiger partial charge on any atom is -0.357 e. The summed E-state index contributed by atoms with van der Waals surface area (Å²) in [5.74, 6) is -1.47. The van der Waals surface area contributed by atoms with Crippen LogP contribution in [0, 0.1) is 12.7 Å². The van der Waals surface area contributed by atoms with Crippen molar-refractivity contribution < 1.29 is 34.9 Å². The van der Waals surface area contributed by atoms with Crippen molar-refractivity contribution >= 4 is 10.0 Å². The lowest BCUT2D eigenvalue weighted by Gasteiger charge is -2.11. The molecule has 2 N–H and O–H groups in total. The first-order chi connectivity index (χ1) is 13.4. The average molecular weight is 432 g/mol. The SMILES string of the molecule is Cc1cc(-c2noc(CF)c2-c2ccc(S(N)(=O)=O)c(F)c2)ccc1C(F)(F)F. The van der Waals surface area contributed by atoms with Crippen molar-refractivity contribution in [3.05, 3.63) is 59.1 Å². The van der Waals surface area contributed by atoms with Crippen LogP contribution in [0.5, 0.6) is 0 Å². The van der Waals surface area contributed by atoms with Gasteiger partial charge in [-0.25, -0.2) is 22.3 Å². The molecule has 0 atom stereocenters. The quantitative estimate of drug-likeness (QED) is 0.611. The van der Waals surface area contributed by atoms with Gasteiger partial charge in [-0.05, 0) is 42.3 Å². The van der Waals surface area contributed by atoms with Gasteiger partial charge in [0.15, 0.2) is 12.4 Å². The van der Waals surface area contributed by atoms with Gasteiger partial charge in [0.25, 0.3) is 0 Å². The van der Waals surface area contributed by atoms with Gasteiger partial charge in [0.2, 0.25) is 10.0 Å². The normalized spacial score (nSPS) is 12.4. The van der Waals surface area contributed by atoms with E-state index in [4.69, 9.17) is 9.66 Å². The molecule has 0 bridgehead atoms. The average Bonchev–Trinajstić information content (AvgIpc) is 3.03. The Kier molecular flexibility index (Phi) is 5.22. The van der Waals surface area contributed by atoms with Crippen molar-refractivity contribution in [1.82, 2.24) is 5.16 Å². The van der Waals surface area contributed by atoms with E-state index in [0.29, 0.717) is 0 Å². The Hall–Kier alpha value is -2.79. The fourth-order valence-corrected chi connectivity index (χ4v) is 3.51. The van der Waals surface area contributed by atoms with Crippen molar-refractivity contribution in [3.8, 4) is 22.4 Å². The summed E-state index contributed by atoms with van der Waals surface area (Å²) in [6, 6.07) is 6.07.